The summed E-state index contributed by atoms with van der Waals surface area (Å²) >= 11 is 7.60. The van der Waals surface area contributed by atoms with Crippen LogP contribution in [0, 0.1) is 0 Å². The van der Waals surface area contributed by atoms with Crippen LogP contribution in [-0.4, -0.2) is 37.5 Å². The van der Waals surface area contributed by atoms with Gasteiger partial charge in [0.1, 0.15) is 0 Å². The van der Waals surface area contributed by atoms with Crippen molar-refractivity contribution in [2.45, 2.75) is 36.3 Å². The van der Waals surface area contributed by atoms with Gasteiger partial charge >= 0.3 is 0 Å². The Bertz CT molecular complexity index is 925. The molecule has 0 unspecified atom stereocenters. The lowest BCUT2D eigenvalue weighted by Crippen LogP contribution is -2.31. The van der Waals surface area contributed by atoms with Crippen LogP contribution in [0.25, 0.3) is 0 Å². The molecule has 0 saturated carbocycles. The van der Waals surface area contributed by atoms with Crippen molar-refractivity contribution in [3.8, 4) is 0 Å². The molecule has 5 nitrogen and oxygen atoms in total. The first-order valence-corrected chi connectivity index (χ1v) is 12.7. The third kappa shape index (κ3) is 6.22. The van der Waals surface area contributed by atoms with Crippen LogP contribution in [0.1, 0.15) is 31.2 Å². The summed E-state index contributed by atoms with van der Waals surface area (Å²) in [4.78, 5) is 12.4. The van der Waals surface area contributed by atoms with E-state index < -0.39 is 10.0 Å². The van der Waals surface area contributed by atoms with Gasteiger partial charge in [0.05, 0.1) is 10.6 Å². The first-order chi connectivity index (χ1) is 14.0. The van der Waals surface area contributed by atoms with Crippen LogP contribution in [0.3, 0.4) is 0 Å². The van der Waals surface area contributed by atoms with Crippen LogP contribution < -0.4 is 5.32 Å². The van der Waals surface area contributed by atoms with Gasteiger partial charge in [-0.15, -0.1) is 11.8 Å². The molecule has 0 aliphatic carbocycles. The number of thioether (sulfide) groups is 1. The first kappa shape index (κ1) is 22.2. The highest BCUT2D eigenvalue weighted by Gasteiger charge is 2.24. The van der Waals surface area contributed by atoms with Crippen molar-refractivity contribution in [2.24, 2.45) is 0 Å². The third-order valence-corrected chi connectivity index (χ3v) is 8.05. The van der Waals surface area contributed by atoms with Gasteiger partial charge in [-0.3, -0.25) is 4.79 Å². The number of amides is 1. The predicted octanol–water partition coefficient (Wildman–Crippen LogP) is 4.78. The molecular weight excluding hydrogens is 428 g/mol. The molecule has 1 aliphatic rings. The van der Waals surface area contributed by atoms with Crippen molar-refractivity contribution in [1.82, 2.24) is 4.31 Å². The van der Waals surface area contributed by atoms with E-state index in [-0.39, 0.29) is 10.8 Å². The van der Waals surface area contributed by atoms with E-state index in [0.717, 1.165) is 31.2 Å². The molecule has 0 aromatic heterocycles. The van der Waals surface area contributed by atoms with E-state index in [1.165, 1.54) is 11.8 Å². The summed E-state index contributed by atoms with van der Waals surface area (Å²) in [5.41, 5.74) is 1.58. The monoisotopic (exact) mass is 452 g/mol. The molecule has 2 aromatic rings. The molecule has 8 heteroatoms. The lowest BCUT2D eigenvalue weighted by atomic mass is 10.2. The molecule has 29 heavy (non-hydrogen) atoms. The summed E-state index contributed by atoms with van der Waals surface area (Å²) in [5.74, 6) is 0.810. The Morgan fingerprint density at radius 2 is 1.66 bits per heavy atom. The van der Waals surface area contributed by atoms with Gasteiger partial charge in [0.2, 0.25) is 15.9 Å². The molecule has 1 saturated heterocycles. The maximum Gasteiger partial charge on any atom is 0.243 e. The summed E-state index contributed by atoms with van der Waals surface area (Å²) in [6, 6.07) is 14.0. The van der Waals surface area contributed by atoms with Crippen molar-refractivity contribution >= 4 is 45.0 Å². The van der Waals surface area contributed by atoms with Gasteiger partial charge in [-0.2, -0.15) is 4.31 Å². The maximum atomic E-state index is 12.8. The molecule has 2 aromatic carbocycles. The van der Waals surface area contributed by atoms with E-state index in [9.17, 15) is 13.2 Å². The van der Waals surface area contributed by atoms with E-state index in [0.29, 0.717) is 35.3 Å². The number of hydrogen-bond acceptors (Lipinski definition) is 4. The fraction of sp³-hybridized carbons (Fsp3) is 0.381. The summed E-state index contributed by atoms with van der Waals surface area (Å²) in [6.45, 7) is 1.15. The van der Waals surface area contributed by atoms with Crippen molar-refractivity contribution in [1.29, 1.82) is 0 Å². The quantitative estimate of drug-likeness (QED) is 0.656. The standard InChI is InChI=1S/C21H25ClN2O3S2/c22-20-8-4-3-7-17(20)15-28-16-21(25)23-18-9-11-19(12-10-18)29(26,27)24-13-5-1-2-6-14-24/h3-4,7-12H,1-2,5-6,13-16H2,(H,23,25). The molecule has 1 heterocycles. The number of carbonyl (C=O) groups excluding carboxylic acids is 1. The van der Waals surface area contributed by atoms with Crippen LogP contribution in [-0.2, 0) is 20.6 Å². The van der Waals surface area contributed by atoms with E-state index in [1.807, 2.05) is 24.3 Å². The van der Waals surface area contributed by atoms with Gasteiger partial charge in [-0.25, -0.2) is 8.42 Å². The Hall–Kier alpha value is -1.54. The minimum absolute atomic E-state index is 0.134. The Kier molecular flexibility index (Phi) is 8.00. The number of halogens is 1. The van der Waals surface area contributed by atoms with Crippen LogP contribution in [0.4, 0.5) is 5.69 Å². The number of rotatable bonds is 7. The first-order valence-electron chi connectivity index (χ1n) is 9.68. The minimum Gasteiger partial charge on any atom is -0.325 e. The lowest BCUT2D eigenvalue weighted by molar-refractivity contribution is -0.113. The highest BCUT2D eigenvalue weighted by atomic mass is 35.5. The fourth-order valence-electron chi connectivity index (χ4n) is 3.21. The van der Waals surface area contributed by atoms with Gasteiger partial charge in [0.15, 0.2) is 0 Å². The average Bonchev–Trinajstić information content (AvgIpc) is 3.00. The normalized spacial score (nSPS) is 15.6. The van der Waals surface area contributed by atoms with Crippen LogP contribution >= 0.6 is 23.4 Å². The lowest BCUT2D eigenvalue weighted by Gasteiger charge is -2.20. The summed E-state index contributed by atoms with van der Waals surface area (Å²) in [5, 5.41) is 3.51. The zero-order valence-corrected chi connectivity index (χ0v) is 18.5. The Morgan fingerprint density at radius 3 is 2.31 bits per heavy atom. The topological polar surface area (TPSA) is 66.5 Å². The van der Waals surface area contributed by atoms with E-state index in [4.69, 9.17) is 11.6 Å². The highest BCUT2D eigenvalue weighted by molar-refractivity contribution is 7.99. The zero-order chi connectivity index (χ0) is 20.7. The van der Waals surface area contributed by atoms with Crippen molar-refractivity contribution < 1.29 is 13.2 Å². The third-order valence-electron chi connectivity index (χ3n) is 4.79. The predicted molar refractivity (Wildman–Crippen MR) is 120 cm³/mol. The summed E-state index contributed by atoms with van der Waals surface area (Å²) < 4.78 is 27.2. The van der Waals surface area contributed by atoms with Crippen molar-refractivity contribution in [3.05, 3.63) is 59.1 Å². The fourth-order valence-corrected chi connectivity index (χ4v) is 5.84. The number of anilines is 1. The van der Waals surface area contributed by atoms with Crippen LogP contribution in [0.5, 0.6) is 0 Å². The molecule has 156 valence electrons. The minimum atomic E-state index is -3.48. The van der Waals surface area contributed by atoms with E-state index in [1.54, 1.807) is 28.6 Å². The Morgan fingerprint density at radius 1 is 1.00 bits per heavy atom. The molecule has 1 amide bonds. The van der Waals surface area contributed by atoms with Crippen LogP contribution in [0.15, 0.2) is 53.4 Å². The molecular formula is C21H25ClN2O3S2. The number of hydrogen-bond donors (Lipinski definition) is 1. The van der Waals surface area contributed by atoms with E-state index in [2.05, 4.69) is 5.32 Å². The summed E-state index contributed by atoms with van der Waals surface area (Å²) in [7, 11) is -3.48. The number of carbonyl (C=O) groups is 1. The van der Waals surface area contributed by atoms with Gasteiger partial charge in [-0.1, -0.05) is 42.6 Å². The molecule has 1 N–H and O–H groups in total. The molecule has 0 radical (unpaired) electrons. The van der Waals surface area contributed by atoms with Gasteiger partial charge < -0.3 is 5.32 Å². The Balaban J connectivity index is 1.53. The second kappa shape index (κ2) is 10.5. The largest absolute Gasteiger partial charge is 0.325 e. The maximum absolute atomic E-state index is 12.8. The second-order valence-corrected chi connectivity index (χ2v) is 10.3. The van der Waals surface area contributed by atoms with Gasteiger partial charge in [0, 0.05) is 29.6 Å². The zero-order valence-electron chi connectivity index (χ0n) is 16.1. The SMILES string of the molecule is O=C(CSCc1ccccc1Cl)Nc1ccc(S(=O)(=O)N2CCCCCC2)cc1. The van der Waals surface area contributed by atoms with Crippen molar-refractivity contribution in [3.63, 3.8) is 0 Å². The molecule has 1 aliphatic heterocycles. The van der Waals surface area contributed by atoms with E-state index >= 15 is 0 Å². The van der Waals surface area contributed by atoms with Gasteiger partial charge in [0.25, 0.3) is 0 Å². The Labute approximate surface area is 181 Å². The molecule has 0 atom stereocenters. The smallest absolute Gasteiger partial charge is 0.243 e. The average molecular weight is 453 g/mol. The number of nitrogens with zero attached hydrogens (tertiary/aromatic N) is 1. The molecule has 0 bridgehead atoms. The van der Waals surface area contributed by atoms with Crippen LogP contribution in [0.2, 0.25) is 5.02 Å². The highest BCUT2D eigenvalue weighted by Crippen LogP contribution is 2.23. The summed E-state index contributed by atoms with van der Waals surface area (Å²) in [6.07, 6.45) is 3.95. The molecule has 0 spiro atoms. The number of sulfonamides is 1. The van der Waals surface area contributed by atoms with Gasteiger partial charge in [-0.05, 0) is 48.7 Å². The number of benzene rings is 2. The van der Waals surface area contributed by atoms with Crippen molar-refractivity contribution in [2.75, 3.05) is 24.2 Å². The molecule has 1 fully saturated rings. The second-order valence-electron chi connectivity index (χ2n) is 6.98. The number of nitrogens with one attached hydrogen (secondary N) is 1. The molecule has 3 rings (SSSR count).